The second kappa shape index (κ2) is 8.54. The topological polar surface area (TPSA) is 84.0 Å². The fourth-order valence-electron chi connectivity index (χ4n) is 2.27. The molecule has 24 heavy (non-hydrogen) atoms. The summed E-state index contributed by atoms with van der Waals surface area (Å²) in [5.41, 5.74) is 2.02. The van der Waals surface area contributed by atoms with E-state index in [1.54, 1.807) is 0 Å². The van der Waals surface area contributed by atoms with E-state index in [9.17, 15) is 9.59 Å². The van der Waals surface area contributed by atoms with Crippen LogP contribution in [0.2, 0.25) is 0 Å². The lowest BCUT2D eigenvalue weighted by molar-refractivity contribution is -0.120. The zero-order chi connectivity index (χ0) is 17.5. The number of hydrogen-bond donors (Lipinski definition) is 2. The largest absolute Gasteiger partial charge is 0.349 e. The number of aromatic nitrogens is 2. The zero-order valence-corrected chi connectivity index (χ0v) is 14.9. The van der Waals surface area contributed by atoms with Crippen LogP contribution in [0.15, 0.2) is 24.3 Å². The van der Waals surface area contributed by atoms with Gasteiger partial charge < -0.3 is 10.6 Å². The highest BCUT2D eigenvalue weighted by atomic mass is 32.1. The van der Waals surface area contributed by atoms with E-state index in [1.165, 1.54) is 18.3 Å². The smallest absolute Gasteiger partial charge is 0.228 e. The van der Waals surface area contributed by atoms with E-state index in [0.29, 0.717) is 5.13 Å². The minimum atomic E-state index is -0.369. The zero-order valence-electron chi connectivity index (χ0n) is 14.1. The maximum atomic E-state index is 12.3. The van der Waals surface area contributed by atoms with Crippen LogP contribution in [0.25, 0.3) is 0 Å². The number of anilines is 1. The van der Waals surface area contributed by atoms with Gasteiger partial charge in [-0.25, -0.2) is 0 Å². The van der Waals surface area contributed by atoms with Crippen molar-refractivity contribution in [2.24, 2.45) is 0 Å². The number of amides is 2. The van der Waals surface area contributed by atoms with E-state index in [2.05, 4.69) is 27.8 Å². The number of nitrogens with one attached hydrogen (secondary N) is 2. The van der Waals surface area contributed by atoms with Crippen molar-refractivity contribution >= 4 is 28.3 Å². The van der Waals surface area contributed by atoms with Crippen LogP contribution in [-0.4, -0.2) is 22.0 Å². The van der Waals surface area contributed by atoms with Gasteiger partial charge in [-0.3, -0.25) is 9.59 Å². The molecule has 0 fully saturated rings. The number of hydrogen-bond acceptors (Lipinski definition) is 5. The van der Waals surface area contributed by atoms with Crippen molar-refractivity contribution in [1.82, 2.24) is 15.5 Å². The van der Waals surface area contributed by atoms with Crippen molar-refractivity contribution in [3.63, 3.8) is 0 Å². The summed E-state index contributed by atoms with van der Waals surface area (Å²) in [6.07, 6.45) is 1.98. The van der Waals surface area contributed by atoms with Crippen molar-refractivity contribution in [2.75, 3.05) is 5.32 Å². The van der Waals surface area contributed by atoms with Crippen molar-refractivity contribution in [1.29, 1.82) is 0 Å². The van der Waals surface area contributed by atoms with Gasteiger partial charge in [-0.15, -0.1) is 10.2 Å². The van der Waals surface area contributed by atoms with Crippen molar-refractivity contribution in [3.8, 4) is 0 Å². The van der Waals surface area contributed by atoms with Gasteiger partial charge in [-0.05, 0) is 18.9 Å². The average Bonchev–Trinajstić information content (AvgIpc) is 2.94. The minimum absolute atomic E-state index is 0.144. The predicted octanol–water partition coefficient (Wildman–Crippen LogP) is 3.01. The summed E-state index contributed by atoms with van der Waals surface area (Å²) in [7, 11) is 0. The van der Waals surface area contributed by atoms with Gasteiger partial charge in [0.1, 0.15) is 5.01 Å². The number of benzene rings is 1. The van der Waals surface area contributed by atoms with E-state index < -0.39 is 0 Å². The Bertz CT molecular complexity index is 697. The normalized spacial score (nSPS) is 11.8. The first-order chi connectivity index (χ1) is 11.5. The Morgan fingerprint density at radius 1 is 1.21 bits per heavy atom. The van der Waals surface area contributed by atoms with Crippen LogP contribution in [0.4, 0.5) is 5.13 Å². The third-order valence-electron chi connectivity index (χ3n) is 3.42. The number of carbonyl (C=O) groups is 2. The summed E-state index contributed by atoms with van der Waals surface area (Å²) in [6.45, 7) is 5.51. The lowest BCUT2D eigenvalue weighted by atomic mass is 10.0. The van der Waals surface area contributed by atoms with E-state index in [1.807, 2.05) is 31.2 Å². The Balaban J connectivity index is 2.03. The first-order valence-corrected chi connectivity index (χ1v) is 8.75. The summed E-state index contributed by atoms with van der Waals surface area (Å²) < 4.78 is 0. The van der Waals surface area contributed by atoms with Crippen molar-refractivity contribution in [2.45, 2.75) is 46.1 Å². The van der Waals surface area contributed by atoms with Gasteiger partial charge in [0.25, 0.3) is 0 Å². The highest BCUT2D eigenvalue weighted by molar-refractivity contribution is 7.15. The summed E-state index contributed by atoms with van der Waals surface area (Å²) in [6, 6.07) is 7.40. The molecule has 0 saturated carbocycles. The standard InChI is InChI=1S/C17H22N4O2S/c1-4-5-16-20-21-17(24-16)19-15(23)10-14(18-12(3)22)13-8-6-11(2)7-9-13/h6-9,14H,4-5,10H2,1-3H3,(H,18,22)(H,19,21,23)/t14-/m0/s1. The molecular weight excluding hydrogens is 324 g/mol. The van der Waals surface area contributed by atoms with Gasteiger partial charge in [0, 0.05) is 13.3 Å². The van der Waals surface area contributed by atoms with Crippen LogP contribution in [0.1, 0.15) is 48.9 Å². The molecule has 2 aromatic rings. The molecule has 1 aromatic carbocycles. The Morgan fingerprint density at radius 3 is 2.54 bits per heavy atom. The molecule has 1 atom stereocenters. The minimum Gasteiger partial charge on any atom is -0.349 e. The molecule has 0 aliphatic heterocycles. The third-order valence-corrected chi connectivity index (χ3v) is 4.32. The summed E-state index contributed by atoms with van der Waals surface area (Å²) in [5.74, 6) is -0.372. The molecule has 1 heterocycles. The number of carbonyl (C=O) groups excluding carboxylic acids is 2. The Hall–Kier alpha value is -2.28. The second-order valence-electron chi connectivity index (χ2n) is 5.67. The van der Waals surface area contributed by atoms with E-state index >= 15 is 0 Å². The molecular formula is C17H22N4O2S. The summed E-state index contributed by atoms with van der Waals surface area (Å²) >= 11 is 1.38. The highest BCUT2D eigenvalue weighted by Crippen LogP contribution is 2.20. The van der Waals surface area contributed by atoms with Crippen LogP contribution in [0, 0.1) is 6.92 Å². The molecule has 0 spiro atoms. The van der Waals surface area contributed by atoms with Gasteiger partial charge in [0.2, 0.25) is 16.9 Å². The second-order valence-corrected chi connectivity index (χ2v) is 6.73. The molecule has 0 bridgehead atoms. The lowest BCUT2D eigenvalue weighted by Crippen LogP contribution is -2.29. The van der Waals surface area contributed by atoms with Gasteiger partial charge in [-0.2, -0.15) is 0 Å². The van der Waals surface area contributed by atoms with Crippen LogP contribution < -0.4 is 10.6 Å². The molecule has 2 N–H and O–H groups in total. The lowest BCUT2D eigenvalue weighted by Gasteiger charge is -2.18. The van der Waals surface area contributed by atoms with E-state index in [4.69, 9.17) is 0 Å². The fraction of sp³-hybridized carbons (Fsp3) is 0.412. The van der Waals surface area contributed by atoms with Gasteiger partial charge in [0.05, 0.1) is 12.5 Å². The maximum Gasteiger partial charge on any atom is 0.228 e. The third kappa shape index (κ3) is 5.42. The number of rotatable bonds is 7. The monoisotopic (exact) mass is 346 g/mol. The Kier molecular flexibility index (Phi) is 6.43. The molecule has 0 saturated heterocycles. The molecule has 0 aliphatic rings. The molecule has 0 unspecified atom stereocenters. The predicted molar refractivity (Wildman–Crippen MR) is 94.9 cm³/mol. The number of nitrogens with zero attached hydrogens (tertiary/aromatic N) is 2. The van der Waals surface area contributed by atoms with Gasteiger partial charge >= 0.3 is 0 Å². The van der Waals surface area contributed by atoms with Crippen LogP contribution in [0.3, 0.4) is 0 Å². The van der Waals surface area contributed by atoms with Gasteiger partial charge in [0.15, 0.2) is 0 Å². The van der Waals surface area contributed by atoms with Gasteiger partial charge in [-0.1, -0.05) is 48.1 Å². The molecule has 0 radical (unpaired) electrons. The maximum absolute atomic E-state index is 12.3. The highest BCUT2D eigenvalue weighted by Gasteiger charge is 2.18. The Labute approximate surface area is 145 Å². The number of aryl methyl sites for hydroxylation is 2. The average molecular weight is 346 g/mol. The summed E-state index contributed by atoms with van der Waals surface area (Å²) in [5, 5.41) is 15.0. The van der Waals surface area contributed by atoms with E-state index in [-0.39, 0.29) is 24.3 Å². The SMILES string of the molecule is CCCc1nnc(NC(=O)C[C@H](NC(C)=O)c2ccc(C)cc2)s1. The fourth-order valence-corrected chi connectivity index (χ4v) is 3.13. The van der Waals surface area contributed by atoms with Crippen molar-refractivity contribution < 1.29 is 9.59 Å². The van der Waals surface area contributed by atoms with Crippen LogP contribution in [-0.2, 0) is 16.0 Å². The first kappa shape index (κ1) is 18.1. The molecule has 0 aliphatic carbocycles. The molecule has 2 rings (SSSR count). The summed E-state index contributed by atoms with van der Waals surface area (Å²) in [4.78, 5) is 23.7. The van der Waals surface area contributed by atoms with E-state index in [0.717, 1.165) is 29.0 Å². The van der Waals surface area contributed by atoms with Crippen LogP contribution >= 0.6 is 11.3 Å². The molecule has 128 valence electrons. The molecule has 6 nitrogen and oxygen atoms in total. The quantitative estimate of drug-likeness (QED) is 0.807. The molecule has 7 heteroatoms. The molecule has 2 amide bonds. The van der Waals surface area contributed by atoms with Crippen LogP contribution in [0.5, 0.6) is 0 Å². The Morgan fingerprint density at radius 2 is 1.92 bits per heavy atom. The van der Waals surface area contributed by atoms with Crippen molar-refractivity contribution in [3.05, 3.63) is 40.4 Å². The molecule has 1 aromatic heterocycles. The first-order valence-electron chi connectivity index (χ1n) is 7.93.